The van der Waals surface area contributed by atoms with Crippen molar-refractivity contribution < 1.29 is 27.5 Å². The lowest BCUT2D eigenvalue weighted by atomic mass is 10.0. The van der Waals surface area contributed by atoms with Crippen molar-refractivity contribution in [2.24, 2.45) is 0 Å². The van der Waals surface area contributed by atoms with E-state index in [0.29, 0.717) is 13.1 Å². The van der Waals surface area contributed by atoms with Gasteiger partial charge in [0.2, 0.25) is 5.91 Å². The number of hydrogen-bond donors (Lipinski definition) is 1. The molecule has 0 bridgehead atoms. The highest BCUT2D eigenvalue weighted by molar-refractivity contribution is 5.83. The molecule has 1 amide bonds. The summed E-state index contributed by atoms with van der Waals surface area (Å²) in [7, 11) is 0. The van der Waals surface area contributed by atoms with Crippen molar-refractivity contribution >= 4 is 11.9 Å². The van der Waals surface area contributed by atoms with E-state index in [4.69, 9.17) is 4.74 Å². The maximum Gasteiger partial charge on any atom is 0.416 e. The molecule has 0 aliphatic rings. The molecule has 0 spiro atoms. The predicted octanol–water partition coefficient (Wildman–Crippen LogP) is 3.55. The van der Waals surface area contributed by atoms with Crippen LogP contribution >= 0.6 is 0 Å². The molecule has 0 saturated heterocycles. The summed E-state index contributed by atoms with van der Waals surface area (Å²) in [5, 5.41) is 2.63. The van der Waals surface area contributed by atoms with Crippen LogP contribution in [0.1, 0.15) is 51.3 Å². The maximum atomic E-state index is 13.0. The second kappa shape index (κ2) is 10.3. The lowest BCUT2D eigenvalue weighted by Crippen LogP contribution is -2.41. The fourth-order valence-corrected chi connectivity index (χ4v) is 2.71. The largest absolute Gasteiger partial charge is 0.463 e. The summed E-state index contributed by atoms with van der Waals surface area (Å²) in [6, 6.07) is 3.90. The van der Waals surface area contributed by atoms with Crippen LogP contribution in [0.15, 0.2) is 24.3 Å². The first-order valence-corrected chi connectivity index (χ1v) is 8.98. The number of carbonyl (C=O) groups excluding carboxylic acids is 2. The van der Waals surface area contributed by atoms with Crippen molar-refractivity contribution in [3.63, 3.8) is 0 Å². The molecular weight excluding hydrogens is 361 g/mol. The summed E-state index contributed by atoms with van der Waals surface area (Å²) in [6.07, 6.45) is -4.74. The Kier molecular flexibility index (Phi) is 8.75. The normalized spacial score (nSPS) is 12.9. The van der Waals surface area contributed by atoms with Crippen molar-refractivity contribution in [2.45, 2.75) is 52.4 Å². The minimum absolute atomic E-state index is 0.00250. The molecule has 1 aromatic rings. The SMILES string of the molecule is CCN(CC)[C@@H](C(=O)NCCC(=O)OC(C)C)c1cccc(C(F)(F)F)c1. The molecule has 0 aromatic heterocycles. The summed E-state index contributed by atoms with van der Waals surface area (Å²) >= 11 is 0. The van der Waals surface area contributed by atoms with Crippen LogP contribution in [0.5, 0.6) is 0 Å². The third-order valence-electron chi connectivity index (χ3n) is 3.95. The zero-order chi connectivity index (χ0) is 20.6. The molecule has 1 aromatic carbocycles. The number of halogens is 3. The van der Waals surface area contributed by atoms with Gasteiger partial charge in [-0.25, -0.2) is 0 Å². The molecule has 152 valence electrons. The molecule has 0 aliphatic carbocycles. The number of hydrogen-bond acceptors (Lipinski definition) is 4. The molecule has 0 aliphatic heterocycles. The average Bonchev–Trinajstić information content (AvgIpc) is 2.58. The van der Waals surface area contributed by atoms with Gasteiger partial charge in [0, 0.05) is 6.54 Å². The van der Waals surface area contributed by atoms with Crippen LogP contribution < -0.4 is 5.32 Å². The van der Waals surface area contributed by atoms with Gasteiger partial charge in [0.15, 0.2) is 0 Å². The van der Waals surface area contributed by atoms with Gasteiger partial charge in [0.05, 0.1) is 18.1 Å². The van der Waals surface area contributed by atoms with E-state index in [-0.39, 0.29) is 24.6 Å². The fraction of sp³-hybridized carbons (Fsp3) is 0.579. The Labute approximate surface area is 157 Å². The smallest absolute Gasteiger partial charge is 0.416 e. The molecule has 1 rings (SSSR count). The van der Waals surface area contributed by atoms with Gasteiger partial charge in [-0.2, -0.15) is 13.2 Å². The number of esters is 1. The van der Waals surface area contributed by atoms with Gasteiger partial charge >= 0.3 is 12.1 Å². The van der Waals surface area contributed by atoms with Gasteiger partial charge < -0.3 is 10.1 Å². The zero-order valence-corrected chi connectivity index (χ0v) is 16.1. The van der Waals surface area contributed by atoms with Crippen LogP contribution in [-0.4, -0.2) is 42.5 Å². The van der Waals surface area contributed by atoms with E-state index in [1.165, 1.54) is 12.1 Å². The first kappa shape index (κ1) is 23.0. The van der Waals surface area contributed by atoms with Gasteiger partial charge in [-0.1, -0.05) is 26.0 Å². The summed E-state index contributed by atoms with van der Waals surface area (Å²) in [5.41, 5.74) is -0.541. The van der Waals surface area contributed by atoms with Crippen LogP contribution in [0.4, 0.5) is 13.2 Å². The summed E-state index contributed by atoms with van der Waals surface area (Å²) in [6.45, 7) is 8.14. The lowest BCUT2D eigenvalue weighted by molar-refractivity contribution is -0.147. The van der Waals surface area contributed by atoms with Gasteiger partial charge in [-0.15, -0.1) is 0 Å². The number of nitrogens with zero attached hydrogens (tertiary/aromatic N) is 1. The van der Waals surface area contributed by atoms with Crippen LogP contribution in [0.25, 0.3) is 0 Å². The number of amides is 1. The average molecular weight is 388 g/mol. The molecular formula is C19H27F3N2O3. The quantitative estimate of drug-likeness (QED) is 0.658. The molecule has 1 atom stereocenters. The van der Waals surface area contributed by atoms with E-state index >= 15 is 0 Å². The minimum Gasteiger partial charge on any atom is -0.463 e. The van der Waals surface area contributed by atoms with Crippen molar-refractivity contribution in [3.05, 3.63) is 35.4 Å². The van der Waals surface area contributed by atoms with E-state index in [1.807, 2.05) is 13.8 Å². The third kappa shape index (κ3) is 7.21. The van der Waals surface area contributed by atoms with E-state index in [9.17, 15) is 22.8 Å². The summed E-state index contributed by atoms with van der Waals surface area (Å²) in [5.74, 6) is -0.890. The van der Waals surface area contributed by atoms with E-state index in [0.717, 1.165) is 12.1 Å². The zero-order valence-electron chi connectivity index (χ0n) is 16.1. The van der Waals surface area contributed by atoms with Crippen LogP contribution in [0, 0.1) is 0 Å². The topological polar surface area (TPSA) is 58.6 Å². The van der Waals surface area contributed by atoms with Crippen LogP contribution in [0.3, 0.4) is 0 Å². The second-order valence-corrected chi connectivity index (χ2v) is 6.33. The van der Waals surface area contributed by atoms with E-state index < -0.39 is 29.7 Å². The number of benzene rings is 1. The highest BCUT2D eigenvalue weighted by Crippen LogP contribution is 2.32. The van der Waals surface area contributed by atoms with Gasteiger partial charge in [-0.3, -0.25) is 14.5 Å². The third-order valence-corrected chi connectivity index (χ3v) is 3.95. The van der Waals surface area contributed by atoms with Gasteiger partial charge in [0.25, 0.3) is 0 Å². The number of alkyl halides is 3. The predicted molar refractivity (Wildman–Crippen MR) is 96.0 cm³/mol. The minimum atomic E-state index is -4.49. The standard InChI is InChI=1S/C19H27F3N2O3/c1-5-24(6-2)17(14-8-7-9-15(12-14)19(20,21)22)18(26)23-11-10-16(25)27-13(3)4/h7-9,12-13,17H,5-6,10-11H2,1-4H3,(H,23,26)/t17-/m1/s1. The Morgan fingerprint density at radius 2 is 1.81 bits per heavy atom. The fourth-order valence-electron chi connectivity index (χ4n) is 2.71. The highest BCUT2D eigenvalue weighted by atomic mass is 19.4. The van der Waals surface area contributed by atoms with Crippen LogP contribution in [0.2, 0.25) is 0 Å². The number of ether oxygens (including phenoxy) is 1. The maximum absolute atomic E-state index is 13.0. The van der Waals surface area contributed by atoms with E-state index in [1.54, 1.807) is 18.7 Å². The Morgan fingerprint density at radius 1 is 1.19 bits per heavy atom. The monoisotopic (exact) mass is 388 g/mol. The van der Waals surface area contributed by atoms with Crippen molar-refractivity contribution in [3.8, 4) is 0 Å². The van der Waals surface area contributed by atoms with E-state index in [2.05, 4.69) is 5.32 Å². The Morgan fingerprint density at radius 3 is 2.33 bits per heavy atom. The highest BCUT2D eigenvalue weighted by Gasteiger charge is 2.33. The molecule has 0 saturated carbocycles. The Bertz CT molecular complexity index is 629. The van der Waals surface area contributed by atoms with Gasteiger partial charge in [-0.05, 0) is 44.6 Å². The number of likely N-dealkylation sites (N-methyl/N-ethyl adjacent to an activating group) is 1. The van der Waals surface area contributed by atoms with Gasteiger partial charge in [0.1, 0.15) is 6.04 Å². The molecule has 1 N–H and O–H groups in total. The Balaban J connectivity index is 2.95. The summed E-state index contributed by atoms with van der Waals surface area (Å²) < 4.78 is 44.1. The molecule has 5 nitrogen and oxygen atoms in total. The first-order valence-electron chi connectivity index (χ1n) is 8.98. The van der Waals surface area contributed by atoms with Crippen LogP contribution in [-0.2, 0) is 20.5 Å². The number of rotatable bonds is 9. The second-order valence-electron chi connectivity index (χ2n) is 6.33. The molecule has 0 fully saturated rings. The Hall–Kier alpha value is -2.09. The molecule has 8 heteroatoms. The lowest BCUT2D eigenvalue weighted by Gasteiger charge is -2.29. The molecule has 27 heavy (non-hydrogen) atoms. The molecule has 0 heterocycles. The van der Waals surface area contributed by atoms with Crippen molar-refractivity contribution in [1.29, 1.82) is 0 Å². The summed E-state index contributed by atoms with van der Waals surface area (Å²) in [4.78, 5) is 26.0. The first-order chi connectivity index (χ1) is 12.6. The molecule has 0 radical (unpaired) electrons. The van der Waals surface area contributed by atoms with Crippen molar-refractivity contribution in [1.82, 2.24) is 10.2 Å². The van der Waals surface area contributed by atoms with Crippen molar-refractivity contribution in [2.75, 3.05) is 19.6 Å². The number of nitrogens with one attached hydrogen (secondary N) is 1. The molecule has 0 unspecified atom stereocenters. The number of carbonyl (C=O) groups is 2.